The molecule has 2 aliphatic rings. The lowest BCUT2D eigenvalue weighted by atomic mass is 10.0. The standard InChI is InChI=1S/C30H32Cl2N2O7S/c1-39-27-14-13-20(16-29(27)40-21-8-5-6-9-21)28(17-23-24(31)18-33(36)19-25(23)32)41-30(35)26-12-7-15-34(26)42(37,38)22-10-3-2-4-11-22/h2-4,10-11,13-14,16,18-19,21,26,28H,5-9,12,15,17H2,1H3/t26-,28?/m0/s1. The maximum atomic E-state index is 13.7. The van der Waals surface area contributed by atoms with Crippen molar-refractivity contribution in [1.29, 1.82) is 0 Å². The first-order chi connectivity index (χ1) is 20.2. The highest BCUT2D eigenvalue weighted by atomic mass is 35.5. The van der Waals surface area contributed by atoms with Crippen molar-refractivity contribution in [3.63, 3.8) is 0 Å². The van der Waals surface area contributed by atoms with Crippen molar-refractivity contribution in [2.24, 2.45) is 0 Å². The van der Waals surface area contributed by atoms with Crippen LogP contribution in [-0.4, -0.2) is 44.5 Å². The molecule has 9 nitrogen and oxygen atoms in total. The smallest absolute Gasteiger partial charge is 0.325 e. The number of methoxy groups -OCH3 is 1. The van der Waals surface area contributed by atoms with Crippen molar-refractivity contribution in [3.8, 4) is 11.5 Å². The molecule has 0 spiro atoms. The monoisotopic (exact) mass is 634 g/mol. The second kappa shape index (κ2) is 13.1. The summed E-state index contributed by atoms with van der Waals surface area (Å²) in [7, 11) is -2.37. The maximum absolute atomic E-state index is 13.7. The molecule has 224 valence electrons. The highest BCUT2D eigenvalue weighted by molar-refractivity contribution is 7.89. The summed E-state index contributed by atoms with van der Waals surface area (Å²) in [5.41, 5.74) is 0.996. The first-order valence-electron chi connectivity index (χ1n) is 13.9. The molecule has 42 heavy (non-hydrogen) atoms. The number of ether oxygens (including phenoxy) is 3. The molecule has 0 N–H and O–H groups in total. The van der Waals surface area contributed by atoms with Gasteiger partial charge in [0.2, 0.25) is 10.0 Å². The highest BCUT2D eigenvalue weighted by Crippen LogP contribution is 2.38. The summed E-state index contributed by atoms with van der Waals surface area (Å²) in [4.78, 5) is 13.8. The van der Waals surface area contributed by atoms with Gasteiger partial charge in [-0.25, -0.2) is 8.42 Å². The maximum Gasteiger partial charge on any atom is 0.325 e. The second-order valence-electron chi connectivity index (χ2n) is 10.4. The van der Waals surface area contributed by atoms with Gasteiger partial charge in [0.05, 0.1) is 18.1 Å². The van der Waals surface area contributed by atoms with Gasteiger partial charge in [-0.05, 0) is 68.4 Å². The van der Waals surface area contributed by atoms with Crippen LogP contribution in [0.25, 0.3) is 0 Å². The minimum atomic E-state index is -3.92. The number of hydrogen-bond acceptors (Lipinski definition) is 7. The number of carbonyl (C=O) groups excluding carboxylic acids is 1. The molecule has 2 fully saturated rings. The quantitative estimate of drug-likeness (QED) is 0.161. The van der Waals surface area contributed by atoms with Crippen molar-refractivity contribution in [2.45, 2.75) is 68.1 Å². The molecular weight excluding hydrogens is 603 g/mol. The Morgan fingerprint density at radius 2 is 1.71 bits per heavy atom. The van der Waals surface area contributed by atoms with Gasteiger partial charge in [0, 0.05) is 18.5 Å². The molecule has 2 heterocycles. The first kappa shape index (κ1) is 30.4. The molecule has 3 aromatic rings. The van der Waals surface area contributed by atoms with Gasteiger partial charge in [-0.15, -0.1) is 0 Å². The lowest BCUT2D eigenvalue weighted by Crippen LogP contribution is -2.41. The zero-order valence-corrected chi connectivity index (χ0v) is 25.4. The lowest BCUT2D eigenvalue weighted by Gasteiger charge is -2.26. The van der Waals surface area contributed by atoms with Crippen LogP contribution in [0.15, 0.2) is 65.8 Å². The van der Waals surface area contributed by atoms with Gasteiger partial charge in [-0.2, -0.15) is 9.04 Å². The lowest BCUT2D eigenvalue weighted by molar-refractivity contribution is -0.605. The van der Waals surface area contributed by atoms with E-state index in [1.165, 1.54) is 28.8 Å². The fourth-order valence-corrected chi connectivity index (χ4v) is 7.79. The minimum Gasteiger partial charge on any atom is -0.619 e. The van der Waals surface area contributed by atoms with E-state index in [0.717, 1.165) is 25.7 Å². The van der Waals surface area contributed by atoms with Crippen molar-refractivity contribution in [2.75, 3.05) is 13.7 Å². The molecule has 1 saturated carbocycles. The third-order valence-electron chi connectivity index (χ3n) is 7.69. The fraction of sp³-hybridized carbons (Fsp3) is 0.400. The van der Waals surface area contributed by atoms with Crippen molar-refractivity contribution in [1.82, 2.24) is 4.31 Å². The average Bonchev–Trinajstić information content (AvgIpc) is 3.68. The summed E-state index contributed by atoms with van der Waals surface area (Å²) in [5, 5.41) is 12.1. The van der Waals surface area contributed by atoms with Crippen LogP contribution in [0.1, 0.15) is 55.8 Å². The molecule has 12 heteroatoms. The van der Waals surface area contributed by atoms with E-state index in [1.54, 1.807) is 43.5 Å². The van der Waals surface area contributed by atoms with Crippen LogP contribution in [-0.2, 0) is 26.0 Å². The Hall–Kier alpha value is -3.05. The Morgan fingerprint density at radius 3 is 2.38 bits per heavy atom. The molecule has 2 atom stereocenters. The third kappa shape index (κ3) is 6.62. The summed E-state index contributed by atoms with van der Waals surface area (Å²) in [5.74, 6) is 0.364. The zero-order valence-electron chi connectivity index (χ0n) is 23.1. The average molecular weight is 636 g/mol. The van der Waals surface area contributed by atoms with Gasteiger partial charge < -0.3 is 19.4 Å². The van der Waals surface area contributed by atoms with E-state index in [4.69, 9.17) is 37.4 Å². The van der Waals surface area contributed by atoms with Gasteiger partial charge >= 0.3 is 5.97 Å². The third-order valence-corrected chi connectivity index (χ3v) is 10.3. The molecule has 1 saturated heterocycles. The van der Waals surface area contributed by atoms with E-state index in [-0.39, 0.29) is 34.0 Å². The van der Waals surface area contributed by atoms with Gasteiger partial charge in [0.25, 0.3) is 0 Å². The molecule has 0 amide bonds. The van der Waals surface area contributed by atoms with E-state index < -0.39 is 28.1 Å². The number of pyridine rings is 1. The predicted octanol–water partition coefficient (Wildman–Crippen LogP) is 5.64. The summed E-state index contributed by atoms with van der Waals surface area (Å²) in [6.07, 6.45) is 6.39. The van der Waals surface area contributed by atoms with Crippen LogP contribution in [0.4, 0.5) is 0 Å². The summed E-state index contributed by atoms with van der Waals surface area (Å²) in [6, 6.07) is 12.3. The summed E-state index contributed by atoms with van der Waals surface area (Å²) >= 11 is 12.8. The summed E-state index contributed by atoms with van der Waals surface area (Å²) < 4.78 is 46.4. The van der Waals surface area contributed by atoms with Crippen molar-refractivity contribution >= 4 is 39.2 Å². The SMILES string of the molecule is COc1ccc(C(Cc2c(Cl)c[n+]([O-])cc2Cl)OC(=O)[C@@H]2CCCN2S(=O)(=O)c2ccccc2)cc1OC1CCCC1. The minimum absolute atomic E-state index is 0.0393. The van der Waals surface area contributed by atoms with Crippen LogP contribution in [0, 0.1) is 5.21 Å². The Balaban J connectivity index is 1.47. The van der Waals surface area contributed by atoms with Crippen LogP contribution in [0.5, 0.6) is 11.5 Å². The molecule has 0 bridgehead atoms. The molecule has 1 aromatic heterocycles. The molecule has 2 aromatic carbocycles. The molecule has 0 radical (unpaired) electrons. The van der Waals surface area contributed by atoms with Crippen LogP contribution in [0.2, 0.25) is 10.0 Å². The van der Waals surface area contributed by atoms with E-state index in [0.29, 0.717) is 40.2 Å². The number of sulfonamides is 1. The largest absolute Gasteiger partial charge is 0.619 e. The molecule has 1 aliphatic carbocycles. The first-order valence-corrected chi connectivity index (χ1v) is 16.1. The number of hydrogen-bond donors (Lipinski definition) is 0. The predicted molar refractivity (Wildman–Crippen MR) is 157 cm³/mol. The Labute approximate surface area is 255 Å². The number of esters is 1. The van der Waals surface area contributed by atoms with Crippen LogP contribution >= 0.6 is 23.2 Å². The topological polar surface area (TPSA) is 109 Å². The van der Waals surface area contributed by atoms with E-state index in [1.807, 2.05) is 0 Å². The van der Waals surface area contributed by atoms with Gasteiger partial charge in [-0.3, -0.25) is 4.79 Å². The number of aromatic nitrogens is 1. The van der Waals surface area contributed by atoms with Crippen LogP contribution < -0.4 is 14.2 Å². The van der Waals surface area contributed by atoms with E-state index in [9.17, 15) is 18.4 Å². The Morgan fingerprint density at radius 1 is 1.02 bits per heavy atom. The Kier molecular flexibility index (Phi) is 9.47. The number of halogens is 2. The van der Waals surface area contributed by atoms with Crippen LogP contribution in [0.3, 0.4) is 0 Å². The number of rotatable bonds is 10. The van der Waals surface area contributed by atoms with E-state index >= 15 is 0 Å². The van der Waals surface area contributed by atoms with E-state index in [2.05, 4.69) is 0 Å². The van der Waals surface area contributed by atoms with Crippen molar-refractivity contribution < 1.29 is 32.2 Å². The second-order valence-corrected chi connectivity index (χ2v) is 13.1. The Bertz CT molecular complexity index is 1510. The number of nitrogens with zero attached hydrogens (tertiary/aromatic N) is 2. The van der Waals surface area contributed by atoms with Gasteiger partial charge in [0.15, 0.2) is 23.9 Å². The van der Waals surface area contributed by atoms with Crippen molar-refractivity contribution in [3.05, 3.63) is 87.3 Å². The number of carbonyl (C=O) groups is 1. The zero-order chi connectivity index (χ0) is 29.9. The summed E-state index contributed by atoms with van der Waals surface area (Å²) in [6.45, 7) is 0.198. The van der Waals surface area contributed by atoms with Gasteiger partial charge in [-0.1, -0.05) is 47.5 Å². The normalized spacial score (nSPS) is 18.6. The highest BCUT2D eigenvalue weighted by Gasteiger charge is 2.41. The van der Waals surface area contributed by atoms with Gasteiger partial charge in [0.1, 0.15) is 22.2 Å². The molecule has 1 aliphatic heterocycles. The number of benzene rings is 2. The fourth-order valence-electron chi connectivity index (χ4n) is 5.52. The molecule has 1 unspecified atom stereocenters. The molecular formula is C30H32Cl2N2O7S. The molecule has 5 rings (SSSR count).